The molecule has 0 bridgehead atoms. The highest BCUT2D eigenvalue weighted by molar-refractivity contribution is 7.99. The summed E-state index contributed by atoms with van der Waals surface area (Å²) in [4.78, 5) is 32.7. The summed E-state index contributed by atoms with van der Waals surface area (Å²) in [6.45, 7) is 1.59. The second-order valence-corrected chi connectivity index (χ2v) is 7.19. The number of nitrogens with zero attached hydrogens (tertiary/aromatic N) is 3. The van der Waals surface area contributed by atoms with Gasteiger partial charge in [-0.2, -0.15) is 11.8 Å². The number of hydrogen-bond acceptors (Lipinski definition) is 5. The van der Waals surface area contributed by atoms with Crippen LogP contribution in [0.15, 0.2) is 24.5 Å². The Kier molecular flexibility index (Phi) is 4.70. The van der Waals surface area contributed by atoms with Crippen molar-refractivity contribution in [2.45, 2.75) is 6.04 Å². The maximum atomic E-state index is 12.6. The SMILES string of the molecule is O=C(C1CSCN1C(=O)c1ccncc1)N1CCSCC1. The predicted molar refractivity (Wildman–Crippen MR) is 85.4 cm³/mol. The van der Waals surface area contributed by atoms with Crippen LogP contribution in [0.1, 0.15) is 10.4 Å². The molecule has 0 aliphatic carbocycles. The van der Waals surface area contributed by atoms with Gasteiger partial charge in [-0.1, -0.05) is 0 Å². The smallest absolute Gasteiger partial charge is 0.255 e. The number of hydrogen-bond donors (Lipinski definition) is 0. The Hall–Kier alpha value is -1.21. The third-order valence-corrected chi connectivity index (χ3v) is 5.63. The van der Waals surface area contributed by atoms with Gasteiger partial charge in [0, 0.05) is 48.3 Å². The lowest BCUT2D eigenvalue weighted by molar-refractivity contribution is -0.134. The molecule has 0 N–H and O–H groups in total. The molecule has 0 aromatic carbocycles. The molecule has 1 aromatic rings. The van der Waals surface area contributed by atoms with Crippen molar-refractivity contribution in [2.75, 3.05) is 36.2 Å². The third-order valence-electron chi connectivity index (χ3n) is 3.68. The van der Waals surface area contributed by atoms with Crippen LogP contribution < -0.4 is 0 Å². The third kappa shape index (κ3) is 3.18. The molecule has 2 aliphatic heterocycles. The largest absolute Gasteiger partial charge is 0.339 e. The molecule has 2 fully saturated rings. The minimum atomic E-state index is -0.321. The molecular formula is C14H17N3O2S2. The second-order valence-electron chi connectivity index (χ2n) is 4.96. The summed E-state index contributed by atoms with van der Waals surface area (Å²) in [6.07, 6.45) is 3.21. The number of pyridine rings is 1. The van der Waals surface area contributed by atoms with Crippen LogP contribution in [0.2, 0.25) is 0 Å². The lowest BCUT2D eigenvalue weighted by Crippen LogP contribution is -2.51. The Morgan fingerprint density at radius 1 is 1.14 bits per heavy atom. The number of thioether (sulfide) groups is 2. The van der Waals surface area contributed by atoms with Crippen molar-refractivity contribution in [2.24, 2.45) is 0 Å². The van der Waals surface area contributed by atoms with Crippen molar-refractivity contribution in [3.8, 4) is 0 Å². The van der Waals surface area contributed by atoms with Crippen LogP contribution in [0.5, 0.6) is 0 Å². The van der Waals surface area contributed by atoms with E-state index in [1.807, 2.05) is 16.7 Å². The average Bonchev–Trinajstić information content (AvgIpc) is 3.04. The number of rotatable bonds is 2. The maximum Gasteiger partial charge on any atom is 0.255 e. The Morgan fingerprint density at radius 2 is 1.86 bits per heavy atom. The summed E-state index contributed by atoms with van der Waals surface area (Å²) < 4.78 is 0. The van der Waals surface area contributed by atoms with Crippen LogP contribution in [0, 0.1) is 0 Å². The highest BCUT2D eigenvalue weighted by Crippen LogP contribution is 2.25. The fourth-order valence-corrected chi connectivity index (χ4v) is 4.55. The quantitative estimate of drug-likeness (QED) is 0.818. The molecule has 112 valence electrons. The van der Waals surface area contributed by atoms with Crippen LogP contribution in [0.25, 0.3) is 0 Å². The van der Waals surface area contributed by atoms with Gasteiger partial charge in [0.1, 0.15) is 6.04 Å². The van der Waals surface area contributed by atoms with E-state index < -0.39 is 0 Å². The number of aromatic nitrogens is 1. The zero-order chi connectivity index (χ0) is 14.7. The van der Waals surface area contributed by atoms with Gasteiger partial charge in [-0.25, -0.2) is 0 Å². The Bertz CT molecular complexity index is 520. The fourth-order valence-electron chi connectivity index (χ4n) is 2.50. The fraction of sp³-hybridized carbons (Fsp3) is 0.500. The van der Waals surface area contributed by atoms with E-state index in [0.29, 0.717) is 17.2 Å². The van der Waals surface area contributed by atoms with E-state index in [-0.39, 0.29) is 17.9 Å². The molecule has 0 radical (unpaired) electrons. The molecule has 1 unspecified atom stereocenters. The first-order valence-electron chi connectivity index (χ1n) is 6.92. The van der Waals surface area contributed by atoms with Crippen LogP contribution in [0.4, 0.5) is 0 Å². The van der Waals surface area contributed by atoms with Crippen LogP contribution in [-0.2, 0) is 4.79 Å². The van der Waals surface area contributed by atoms with Crippen molar-refractivity contribution in [3.63, 3.8) is 0 Å². The first-order chi connectivity index (χ1) is 10.3. The summed E-state index contributed by atoms with van der Waals surface area (Å²) in [5, 5.41) is 0. The first kappa shape index (κ1) is 14.7. The van der Waals surface area contributed by atoms with Crippen molar-refractivity contribution >= 4 is 35.3 Å². The van der Waals surface area contributed by atoms with E-state index in [4.69, 9.17) is 0 Å². The molecule has 3 heterocycles. The predicted octanol–water partition coefficient (Wildman–Crippen LogP) is 1.17. The van der Waals surface area contributed by atoms with Gasteiger partial charge in [0.2, 0.25) is 5.91 Å². The Labute approximate surface area is 132 Å². The van der Waals surface area contributed by atoms with Crippen LogP contribution in [-0.4, -0.2) is 68.9 Å². The molecule has 0 spiro atoms. The minimum Gasteiger partial charge on any atom is -0.339 e. The van der Waals surface area contributed by atoms with E-state index in [2.05, 4.69) is 4.98 Å². The van der Waals surface area contributed by atoms with Crippen LogP contribution >= 0.6 is 23.5 Å². The molecule has 5 nitrogen and oxygen atoms in total. The highest BCUT2D eigenvalue weighted by Gasteiger charge is 2.37. The van der Waals surface area contributed by atoms with Gasteiger partial charge in [0.25, 0.3) is 5.91 Å². The zero-order valence-electron chi connectivity index (χ0n) is 11.6. The Morgan fingerprint density at radius 3 is 2.57 bits per heavy atom. The molecule has 2 saturated heterocycles. The Balaban J connectivity index is 1.73. The van der Waals surface area contributed by atoms with Gasteiger partial charge >= 0.3 is 0 Å². The molecular weight excluding hydrogens is 306 g/mol. The van der Waals surface area contributed by atoms with E-state index in [1.54, 1.807) is 41.2 Å². The highest BCUT2D eigenvalue weighted by atomic mass is 32.2. The molecule has 21 heavy (non-hydrogen) atoms. The van der Waals surface area contributed by atoms with Gasteiger partial charge < -0.3 is 9.80 Å². The van der Waals surface area contributed by atoms with E-state index in [0.717, 1.165) is 24.6 Å². The second kappa shape index (κ2) is 6.70. The van der Waals surface area contributed by atoms with Gasteiger partial charge in [-0.3, -0.25) is 14.6 Å². The topological polar surface area (TPSA) is 53.5 Å². The number of amides is 2. The minimum absolute atomic E-state index is 0.0767. The molecule has 3 rings (SSSR count). The summed E-state index contributed by atoms with van der Waals surface area (Å²) in [5.41, 5.74) is 0.597. The average molecular weight is 323 g/mol. The van der Waals surface area contributed by atoms with Gasteiger partial charge in [0.15, 0.2) is 0 Å². The lowest BCUT2D eigenvalue weighted by Gasteiger charge is -2.32. The monoisotopic (exact) mass is 323 g/mol. The molecule has 0 saturated carbocycles. The van der Waals surface area contributed by atoms with Crippen molar-refractivity contribution in [1.82, 2.24) is 14.8 Å². The summed E-state index contributed by atoms with van der Waals surface area (Å²) >= 11 is 3.52. The van der Waals surface area contributed by atoms with Crippen molar-refractivity contribution < 1.29 is 9.59 Å². The number of carbonyl (C=O) groups is 2. The van der Waals surface area contributed by atoms with Crippen molar-refractivity contribution in [1.29, 1.82) is 0 Å². The first-order valence-corrected chi connectivity index (χ1v) is 9.23. The van der Waals surface area contributed by atoms with Crippen molar-refractivity contribution in [3.05, 3.63) is 30.1 Å². The van der Waals surface area contributed by atoms with Gasteiger partial charge in [-0.15, -0.1) is 11.8 Å². The summed E-state index contributed by atoms with van der Waals surface area (Å²) in [6, 6.07) is 3.08. The van der Waals surface area contributed by atoms with E-state index in [1.165, 1.54) is 0 Å². The lowest BCUT2D eigenvalue weighted by atomic mass is 10.2. The summed E-state index contributed by atoms with van der Waals surface area (Å²) in [7, 11) is 0. The molecule has 1 aromatic heterocycles. The molecule has 2 aliphatic rings. The molecule has 7 heteroatoms. The number of carbonyl (C=O) groups excluding carboxylic acids is 2. The van der Waals surface area contributed by atoms with Crippen LogP contribution in [0.3, 0.4) is 0 Å². The zero-order valence-corrected chi connectivity index (χ0v) is 13.2. The summed E-state index contributed by atoms with van der Waals surface area (Å²) in [5.74, 6) is 3.28. The van der Waals surface area contributed by atoms with E-state index >= 15 is 0 Å². The molecule has 1 atom stereocenters. The normalized spacial score (nSPS) is 22.4. The van der Waals surface area contributed by atoms with E-state index in [9.17, 15) is 9.59 Å². The van der Waals surface area contributed by atoms with Gasteiger partial charge in [-0.05, 0) is 12.1 Å². The molecule has 2 amide bonds. The standard InChI is InChI=1S/C14H17N3O2S2/c18-13(11-1-3-15-4-2-11)17-10-21-9-12(17)14(19)16-5-7-20-8-6-16/h1-4,12H,5-10H2. The van der Waals surface area contributed by atoms with Gasteiger partial charge in [0.05, 0.1) is 5.88 Å². The maximum absolute atomic E-state index is 12.6.